The van der Waals surface area contributed by atoms with Crippen LogP contribution in [0, 0.1) is 11.8 Å². The van der Waals surface area contributed by atoms with Crippen LogP contribution < -0.4 is 0 Å². The Morgan fingerprint density at radius 1 is 1.22 bits per heavy atom. The Balaban J connectivity index is 2.90. The van der Waals surface area contributed by atoms with Crippen LogP contribution in [0.4, 0.5) is 0 Å². The fourth-order valence-electron chi connectivity index (χ4n) is 0.603. The van der Waals surface area contributed by atoms with Gasteiger partial charge in [-0.1, -0.05) is 38.3 Å². The summed E-state index contributed by atoms with van der Waals surface area (Å²) in [5.74, 6) is 6.48. The van der Waals surface area contributed by atoms with Gasteiger partial charge in [0, 0.05) is 6.42 Å². The highest BCUT2D eigenvalue weighted by Gasteiger charge is 1.79. The fourth-order valence-corrected chi connectivity index (χ4v) is 0.705. The van der Waals surface area contributed by atoms with Crippen molar-refractivity contribution in [3.8, 4) is 11.8 Å². The second-order valence-electron chi connectivity index (χ2n) is 1.95. The zero-order chi connectivity index (χ0) is 6.95. The van der Waals surface area contributed by atoms with Crippen LogP contribution in [0.3, 0.4) is 0 Å². The molecule has 0 heterocycles. The molecular formula is C8H13S. The van der Waals surface area contributed by atoms with E-state index in [4.69, 9.17) is 0 Å². The molecule has 0 aliphatic rings. The van der Waals surface area contributed by atoms with Gasteiger partial charge in [0.25, 0.3) is 0 Å². The zero-order valence-electron chi connectivity index (χ0n) is 5.94. The summed E-state index contributed by atoms with van der Waals surface area (Å²) >= 11 is 4.66. The number of rotatable bonds is 3. The molecule has 0 saturated heterocycles. The second-order valence-corrected chi connectivity index (χ2v) is 2.24. The first kappa shape index (κ1) is 8.91. The first-order valence-corrected chi connectivity index (χ1v) is 4.03. The van der Waals surface area contributed by atoms with Crippen LogP contribution >= 0.6 is 12.6 Å². The Morgan fingerprint density at radius 3 is 2.56 bits per heavy atom. The summed E-state index contributed by atoms with van der Waals surface area (Å²) < 4.78 is 0. The van der Waals surface area contributed by atoms with E-state index in [1.165, 1.54) is 19.3 Å². The van der Waals surface area contributed by atoms with E-state index in [9.17, 15) is 0 Å². The molecule has 0 aromatic heterocycles. The van der Waals surface area contributed by atoms with Crippen molar-refractivity contribution in [1.29, 1.82) is 0 Å². The molecule has 0 bridgehead atoms. The van der Waals surface area contributed by atoms with Gasteiger partial charge in [0.2, 0.25) is 0 Å². The van der Waals surface area contributed by atoms with Crippen molar-refractivity contribution in [2.45, 2.75) is 32.6 Å². The van der Waals surface area contributed by atoms with Crippen molar-refractivity contribution in [1.82, 2.24) is 0 Å². The predicted octanol–water partition coefficient (Wildman–Crippen LogP) is 2.77. The molecule has 0 spiro atoms. The molecule has 1 heteroatoms. The Morgan fingerprint density at radius 2 is 2.00 bits per heavy atom. The minimum Gasteiger partial charge on any atom is -0.102 e. The molecule has 51 valence electrons. The average Bonchev–Trinajstić information content (AvgIpc) is 1.89. The lowest BCUT2D eigenvalue weighted by molar-refractivity contribution is 0.737. The minimum atomic E-state index is 0.589. The molecule has 0 rings (SSSR count). The normalized spacial score (nSPS) is 8.22. The Kier molecular flexibility index (Phi) is 7.83. The lowest BCUT2D eigenvalue weighted by Gasteiger charge is -1.87. The standard InChI is InChI=1S/C8H13S/c1-2-3-4-5-6-7-8-9/h2-5,8H2,1H3. The number of hydrogen-bond donors (Lipinski definition) is 0. The molecule has 0 aliphatic heterocycles. The smallest absolute Gasteiger partial charge is 0.0651 e. The Labute approximate surface area is 63.4 Å². The predicted molar refractivity (Wildman–Crippen MR) is 44.4 cm³/mol. The molecule has 0 fully saturated rings. The fraction of sp³-hybridized carbons (Fsp3) is 0.750. The van der Waals surface area contributed by atoms with Gasteiger partial charge in [0.15, 0.2) is 0 Å². The van der Waals surface area contributed by atoms with Gasteiger partial charge in [-0.25, -0.2) is 0 Å². The maximum Gasteiger partial charge on any atom is 0.0651 e. The minimum absolute atomic E-state index is 0.589. The molecule has 0 atom stereocenters. The van der Waals surface area contributed by atoms with Gasteiger partial charge in [-0.2, -0.15) is 0 Å². The summed E-state index contributed by atoms with van der Waals surface area (Å²) in [7, 11) is 0. The topological polar surface area (TPSA) is 0 Å². The molecular weight excluding hydrogens is 128 g/mol. The summed E-state index contributed by atoms with van der Waals surface area (Å²) in [6.45, 7) is 2.19. The highest BCUT2D eigenvalue weighted by atomic mass is 32.1. The first-order valence-electron chi connectivity index (χ1n) is 3.45. The van der Waals surface area contributed by atoms with Crippen LogP contribution in [0.2, 0.25) is 0 Å². The molecule has 0 unspecified atom stereocenters. The summed E-state index contributed by atoms with van der Waals surface area (Å²) in [6, 6.07) is 0. The van der Waals surface area contributed by atoms with Gasteiger partial charge in [0.05, 0.1) is 5.75 Å². The monoisotopic (exact) mass is 141 g/mol. The SMILES string of the molecule is CCCCCC#CC[S]. The third kappa shape index (κ3) is 7.91. The van der Waals surface area contributed by atoms with E-state index in [2.05, 4.69) is 31.4 Å². The molecule has 0 N–H and O–H groups in total. The molecule has 0 nitrogen and oxygen atoms in total. The van der Waals surface area contributed by atoms with Crippen molar-refractivity contribution in [3.05, 3.63) is 0 Å². The highest BCUT2D eigenvalue weighted by Crippen LogP contribution is 1.96. The van der Waals surface area contributed by atoms with Crippen molar-refractivity contribution in [2.75, 3.05) is 5.75 Å². The molecule has 0 aliphatic carbocycles. The van der Waals surface area contributed by atoms with Crippen LogP contribution in [-0.2, 0) is 0 Å². The molecule has 0 aromatic carbocycles. The maximum absolute atomic E-state index is 4.66. The van der Waals surface area contributed by atoms with Gasteiger partial charge < -0.3 is 0 Å². The zero-order valence-corrected chi connectivity index (χ0v) is 6.76. The molecule has 0 aromatic rings. The van der Waals surface area contributed by atoms with Gasteiger partial charge in [-0.3, -0.25) is 0 Å². The maximum atomic E-state index is 4.66. The largest absolute Gasteiger partial charge is 0.102 e. The van der Waals surface area contributed by atoms with E-state index < -0.39 is 0 Å². The van der Waals surface area contributed by atoms with E-state index in [-0.39, 0.29) is 0 Å². The molecule has 0 saturated carbocycles. The van der Waals surface area contributed by atoms with Gasteiger partial charge in [-0.15, -0.1) is 5.92 Å². The summed E-state index contributed by atoms with van der Waals surface area (Å²) in [6.07, 6.45) is 4.84. The Bertz CT molecular complexity index is 96.9. The third-order valence-electron chi connectivity index (χ3n) is 1.10. The van der Waals surface area contributed by atoms with Gasteiger partial charge >= 0.3 is 0 Å². The lowest BCUT2D eigenvalue weighted by Crippen LogP contribution is -1.71. The van der Waals surface area contributed by atoms with Crippen molar-refractivity contribution in [3.63, 3.8) is 0 Å². The van der Waals surface area contributed by atoms with Crippen LogP contribution in [0.25, 0.3) is 0 Å². The van der Waals surface area contributed by atoms with Gasteiger partial charge in [-0.05, 0) is 6.42 Å². The van der Waals surface area contributed by atoms with Crippen LogP contribution in [0.1, 0.15) is 32.6 Å². The highest BCUT2D eigenvalue weighted by molar-refractivity contribution is 7.80. The first-order chi connectivity index (χ1) is 4.41. The average molecular weight is 141 g/mol. The van der Waals surface area contributed by atoms with Crippen molar-refractivity contribution in [2.24, 2.45) is 0 Å². The van der Waals surface area contributed by atoms with Gasteiger partial charge in [0.1, 0.15) is 0 Å². The molecule has 0 amide bonds. The number of unbranched alkanes of at least 4 members (excludes halogenated alkanes) is 3. The summed E-state index contributed by atoms with van der Waals surface area (Å²) in [4.78, 5) is 0. The van der Waals surface area contributed by atoms with Crippen molar-refractivity contribution >= 4 is 12.6 Å². The van der Waals surface area contributed by atoms with E-state index in [1.807, 2.05) is 0 Å². The third-order valence-corrected chi connectivity index (χ3v) is 1.25. The Hall–Kier alpha value is -0.0900. The second kappa shape index (κ2) is 7.91. The van der Waals surface area contributed by atoms with Crippen LogP contribution in [-0.4, -0.2) is 5.75 Å². The van der Waals surface area contributed by atoms with E-state index in [0.717, 1.165) is 6.42 Å². The lowest BCUT2D eigenvalue weighted by atomic mass is 10.2. The van der Waals surface area contributed by atoms with Crippen LogP contribution in [0.5, 0.6) is 0 Å². The van der Waals surface area contributed by atoms with Crippen molar-refractivity contribution < 1.29 is 0 Å². The quantitative estimate of drug-likeness (QED) is 0.419. The van der Waals surface area contributed by atoms with E-state index in [0.29, 0.717) is 5.75 Å². The van der Waals surface area contributed by atoms with E-state index >= 15 is 0 Å². The summed E-state index contributed by atoms with van der Waals surface area (Å²) in [5.41, 5.74) is 0. The van der Waals surface area contributed by atoms with Crippen LogP contribution in [0.15, 0.2) is 0 Å². The summed E-state index contributed by atoms with van der Waals surface area (Å²) in [5, 5.41) is 0. The number of hydrogen-bond acceptors (Lipinski definition) is 0. The molecule has 1 radical (unpaired) electrons. The van der Waals surface area contributed by atoms with E-state index in [1.54, 1.807) is 0 Å². The molecule has 9 heavy (non-hydrogen) atoms.